The molecule has 2 heterocycles. The number of ether oxygens (including phenoxy) is 1. The average molecular weight is 266 g/mol. The fourth-order valence-corrected chi connectivity index (χ4v) is 2.23. The maximum Gasteiger partial charge on any atom is 0.325 e. The lowest BCUT2D eigenvalue weighted by molar-refractivity contribution is -0.140. The highest BCUT2D eigenvalue weighted by atomic mass is 32.1. The molecule has 0 aliphatic rings. The SMILES string of the molecule is CCOC(=O)CNc1nc(NC)nc2sccc12. The third kappa shape index (κ3) is 2.67. The van der Waals surface area contributed by atoms with Gasteiger partial charge in [0.25, 0.3) is 0 Å². The number of nitrogens with one attached hydrogen (secondary N) is 2. The number of hydrogen-bond acceptors (Lipinski definition) is 7. The molecule has 2 rings (SSSR count). The van der Waals surface area contributed by atoms with Gasteiger partial charge in [0.05, 0.1) is 12.0 Å². The molecule has 6 nitrogen and oxygen atoms in total. The molecule has 0 spiro atoms. The Kier molecular flexibility index (Phi) is 3.93. The summed E-state index contributed by atoms with van der Waals surface area (Å²) in [6.07, 6.45) is 0. The van der Waals surface area contributed by atoms with Crippen molar-refractivity contribution >= 4 is 39.3 Å². The largest absolute Gasteiger partial charge is 0.465 e. The van der Waals surface area contributed by atoms with Gasteiger partial charge in [0, 0.05) is 7.05 Å². The van der Waals surface area contributed by atoms with E-state index in [4.69, 9.17) is 4.74 Å². The van der Waals surface area contributed by atoms with Gasteiger partial charge in [-0.05, 0) is 18.4 Å². The van der Waals surface area contributed by atoms with Crippen LogP contribution in [0.3, 0.4) is 0 Å². The molecule has 0 aliphatic carbocycles. The van der Waals surface area contributed by atoms with E-state index in [9.17, 15) is 4.79 Å². The van der Waals surface area contributed by atoms with Gasteiger partial charge in [-0.2, -0.15) is 4.98 Å². The van der Waals surface area contributed by atoms with Crippen molar-refractivity contribution in [3.63, 3.8) is 0 Å². The zero-order chi connectivity index (χ0) is 13.0. The van der Waals surface area contributed by atoms with Crippen molar-refractivity contribution in [2.45, 2.75) is 6.92 Å². The van der Waals surface area contributed by atoms with E-state index < -0.39 is 0 Å². The summed E-state index contributed by atoms with van der Waals surface area (Å²) in [7, 11) is 1.75. The summed E-state index contributed by atoms with van der Waals surface area (Å²) in [6.45, 7) is 2.25. The summed E-state index contributed by atoms with van der Waals surface area (Å²) in [5.41, 5.74) is 0. The Morgan fingerprint density at radius 1 is 1.50 bits per heavy atom. The predicted octanol–water partition coefficient (Wildman–Crippen LogP) is 1.71. The van der Waals surface area contributed by atoms with Gasteiger partial charge in [-0.3, -0.25) is 4.79 Å². The summed E-state index contributed by atoms with van der Waals surface area (Å²) in [6, 6.07) is 1.92. The number of esters is 1. The smallest absolute Gasteiger partial charge is 0.325 e. The van der Waals surface area contributed by atoms with Crippen molar-refractivity contribution in [1.29, 1.82) is 0 Å². The number of hydrogen-bond donors (Lipinski definition) is 2. The first-order valence-electron chi connectivity index (χ1n) is 5.57. The van der Waals surface area contributed by atoms with Gasteiger partial charge < -0.3 is 15.4 Å². The zero-order valence-corrected chi connectivity index (χ0v) is 11.0. The van der Waals surface area contributed by atoms with Crippen LogP contribution in [-0.2, 0) is 9.53 Å². The Labute approximate surface area is 108 Å². The minimum Gasteiger partial charge on any atom is -0.465 e. The quantitative estimate of drug-likeness (QED) is 0.802. The number of carbonyl (C=O) groups excluding carboxylic acids is 1. The molecule has 18 heavy (non-hydrogen) atoms. The Hall–Kier alpha value is -1.89. The molecule has 0 aliphatic heterocycles. The number of nitrogens with zero attached hydrogens (tertiary/aromatic N) is 2. The minimum absolute atomic E-state index is 0.0962. The Bertz CT molecular complexity index is 555. The van der Waals surface area contributed by atoms with Crippen molar-refractivity contribution in [3.05, 3.63) is 11.4 Å². The molecular formula is C11H14N4O2S. The van der Waals surface area contributed by atoms with Crippen molar-refractivity contribution in [2.24, 2.45) is 0 Å². The number of anilines is 2. The topological polar surface area (TPSA) is 76.1 Å². The first kappa shape index (κ1) is 12.6. The van der Waals surface area contributed by atoms with Crippen LogP contribution in [0.25, 0.3) is 10.2 Å². The second-order valence-corrected chi connectivity index (χ2v) is 4.34. The van der Waals surface area contributed by atoms with Gasteiger partial charge in [0.2, 0.25) is 5.95 Å². The summed E-state index contributed by atoms with van der Waals surface area (Å²) in [5.74, 6) is 0.862. The molecular weight excluding hydrogens is 252 g/mol. The molecule has 0 saturated heterocycles. The molecule has 2 aromatic rings. The van der Waals surface area contributed by atoms with E-state index in [1.54, 1.807) is 14.0 Å². The highest BCUT2D eigenvalue weighted by Crippen LogP contribution is 2.26. The summed E-state index contributed by atoms with van der Waals surface area (Å²) < 4.78 is 4.86. The third-order valence-corrected chi connectivity index (χ3v) is 3.06. The molecule has 0 saturated carbocycles. The van der Waals surface area contributed by atoms with Gasteiger partial charge in [-0.15, -0.1) is 11.3 Å². The molecule has 96 valence electrons. The maximum atomic E-state index is 11.3. The lowest BCUT2D eigenvalue weighted by Crippen LogP contribution is -2.17. The van der Waals surface area contributed by atoms with Crippen LogP contribution in [0, 0.1) is 0 Å². The van der Waals surface area contributed by atoms with Crippen LogP contribution in [0.5, 0.6) is 0 Å². The van der Waals surface area contributed by atoms with Crippen LogP contribution >= 0.6 is 11.3 Å². The number of thiophene rings is 1. The van der Waals surface area contributed by atoms with Crippen LogP contribution in [0.15, 0.2) is 11.4 Å². The maximum absolute atomic E-state index is 11.3. The van der Waals surface area contributed by atoms with Gasteiger partial charge >= 0.3 is 5.97 Å². The Morgan fingerprint density at radius 3 is 3.06 bits per heavy atom. The van der Waals surface area contributed by atoms with E-state index in [0.717, 1.165) is 10.2 Å². The van der Waals surface area contributed by atoms with Crippen LogP contribution in [-0.4, -0.2) is 36.1 Å². The monoisotopic (exact) mass is 266 g/mol. The molecule has 0 fully saturated rings. The molecule has 0 unspecified atom stereocenters. The average Bonchev–Trinajstić information content (AvgIpc) is 2.84. The molecule has 0 bridgehead atoms. The van der Waals surface area contributed by atoms with Crippen LogP contribution in [0.1, 0.15) is 6.92 Å². The van der Waals surface area contributed by atoms with Crippen LogP contribution in [0.2, 0.25) is 0 Å². The second-order valence-electron chi connectivity index (χ2n) is 3.44. The van der Waals surface area contributed by atoms with E-state index in [2.05, 4.69) is 20.6 Å². The normalized spacial score (nSPS) is 10.3. The molecule has 0 amide bonds. The van der Waals surface area contributed by atoms with Crippen molar-refractivity contribution in [3.8, 4) is 0 Å². The van der Waals surface area contributed by atoms with Crippen molar-refractivity contribution in [2.75, 3.05) is 30.8 Å². The number of fused-ring (bicyclic) bond motifs is 1. The summed E-state index contributed by atoms with van der Waals surface area (Å²) in [5, 5.41) is 8.71. The lowest BCUT2D eigenvalue weighted by Gasteiger charge is -2.08. The number of aromatic nitrogens is 2. The molecule has 7 heteroatoms. The first-order chi connectivity index (χ1) is 8.74. The fraction of sp³-hybridized carbons (Fsp3) is 0.364. The van der Waals surface area contributed by atoms with Crippen LogP contribution < -0.4 is 10.6 Å². The zero-order valence-electron chi connectivity index (χ0n) is 10.2. The highest BCUT2D eigenvalue weighted by Gasteiger charge is 2.09. The highest BCUT2D eigenvalue weighted by molar-refractivity contribution is 7.16. The van der Waals surface area contributed by atoms with Crippen molar-refractivity contribution in [1.82, 2.24) is 9.97 Å². The molecule has 2 aromatic heterocycles. The van der Waals surface area contributed by atoms with Gasteiger partial charge in [-0.1, -0.05) is 0 Å². The first-order valence-corrected chi connectivity index (χ1v) is 6.45. The molecule has 2 N–H and O–H groups in total. The standard InChI is InChI=1S/C11H14N4O2S/c1-3-17-8(16)6-13-9-7-4-5-18-10(7)15-11(12-2)14-9/h4-5H,3,6H2,1-2H3,(H2,12,13,14,15). The third-order valence-electron chi connectivity index (χ3n) is 2.25. The van der Waals surface area contributed by atoms with Crippen molar-refractivity contribution < 1.29 is 9.53 Å². The van der Waals surface area contributed by atoms with Crippen LogP contribution in [0.4, 0.5) is 11.8 Å². The number of rotatable bonds is 5. The Morgan fingerprint density at radius 2 is 2.33 bits per heavy atom. The van der Waals surface area contributed by atoms with Gasteiger partial charge in [0.1, 0.15) is 17.2 Å². The summed E-state index contributed by atoms with van der Waals surface area (Å²) >= 11 is 1.53. The van der Waals surface area contributed by atoms with E-state index in [-0.39, 0.29) is 12.5 Å². The lowest BCUT2D eigenvalue weighted by atomic mass is 10.4. The van der Waals surface area contributed by atoms with Gasteiger partial charge in [-0.25, -0.2) is 4.98 Å². The van der Waals surface area contributed by atoms with Gasteiger partial charge in [0.15, 0.2) is 0 Å². The minimum atomic E-state index is -0.300. The number of carbonyl (C=O) groups is 1. The van der Waals surface area contributed by atoms with E-state index >= 15 is 0 Å². The van der Waals surface area contributed by atoms with E-state index in [1.807, 2.05) is 11.4 Å². The molecule has 0 aromatic carbocycles. The fourth-order valence-electron chi connectivity index (χ4n) is 1.47. The second kappa shape index (κ2) is 5.63. The van der Waals surface area contributed by atoms with E-state index in [0.29, 0.717) is 18.4 Å². The molecule has 0 atom stereocenters. The summed E-state index contributed by atoms with van der Waals surface area (Å²) in [4.78, 5) is 20.8. The van der Waals surface area contributed by atoms with E-state index in [1.165, 1.54) is 11.3 Å². The predicted molar refractivity (Wildman–Crippen MR) is 72.1 cm³/mol. The Balaban J connectivity index is 2.20. The molecule has 0 radical (unpaired) electrons.